The SMILES string of the molecule is Cc1noc(-c2ccc(CSCCCl)cc2)c1N(C(=O)O)C(C)c1ccccc1Cl. The lowest BCUT2D eigenvalue weighted by molar-refractivity contribution is 0.199. The summed E-state index contributed by atoms with van der Waals surface area (Å²) in [7, 11) is 0. The Kier molecular flexibility index (Phi) is 7.69. The zero-order valence-corrected chi connectivity index (χ0v) is 19.0. The van der Waals surface area contributed by atoms with Crippen molar-refractivity contribution >= 4 is 46.7 Å². The summed E-state index contributed by atoms with van der Waals surface area (Å²) in [6.45, 7) is 3.53. The summed E-state index contributed by atoms with van der Waals surface area (Å²) in [6.07, 6.45) is -1.11. The maximum Gasteiger partial charge on any atom is 0.412 e. The molecule has 8 heteroatoms. The first-order valence-electron chi connectivity index (χ1n) is 9.40. The molecule has 3 aromatic rings. The molecule has 1 unspecified atom stereocenters. The number of aromatic nitrogens is 1. The summed E-state index contributed by atoms with van der Waals surface area (Å²) in [4.78, 5) is 13.5. The van der Waals surface area contributed by atoms with Crippen LogP contribution in [-0.2, 0) is 5.75 Å². The second kappa shape index (κ2) is 10.2. The van der Waals surface area contributed by atoms with Crippen molar-refractivity contribution in [2.75, 3.05) is 16.5 Å². The molecule has 0 saturated carbocycles. The number of carboxylic acid groups (broad SMARTS) is 1. The predicted molar refractivity (Wildman–Crippen MR) is 124 cm³/mol. The van der Waals surface area contributed by atoms with Crippen LogP contribution in [0.25, 0.3) is 11.3 Å². The zero-order chi connectivity index (χ0) is 21.7. The molecule has 5 nitrogen and oxygen atoms in total. The second-order valence-electron chi connectivity index (χ2n) is 6.73. The number of thioether (sulfide) groups is 1. The lowest BCUT2D eigenvalue weighted by Crippen LogP contribution is -2.33. The van der Waals surface area contributed by atoms with E-state index in [9.17, 15) is 9.90 Å². The van der Waals surface area contributed by atoms with Gasteiger partial charge in [-0.05, 0) is 31.0 Å². The molecule has 0 aliphatic rings. The number of amides is 1. The van der Waals surface area contributed by atoms with Gasteiger partial charge in [0, 0.05) is 28.0 Å². The minimum Gasteiger partial charge on any atom is -0.465 e. The van der Waals surface area contributed by atoms with Gasteiger partial charge in [0.2, 0.25) is 0 Å². The topological polar surface area (TPSA) is 66.6 Å². The standard InChI is InChI=1S/C22H22Cl2N2O3S/c1-14-20(26(22(27)28)15(2)18-5-3-4-6-19(18)24)21(29-25-14)17-9-7-16(8-10-17)13-30-12-11-23/h3-10,15H,11-13H2,1-2H3,(H,27,28). The average molecular weight is 465 g/mol. The summed E-state index contributed by atoms with van der Waals surface area (Å²) >= 11 is 13.8. The third kappa shape index (κ3) is 4.94. The fraction of sp³-hybridized carbons (Fsp3) is 0.273. The van der Waals surface area contributed by atoms with E-state index in [-0.39, 0.29) is 0 Å². The fourth-order valence-electron chi connectivity index (χ4n) is 3.24. The summed E-state index contributed by atoms with van der Waals surface area (Å²) < 4.78 is 5.56. The number of benzene rings is 2. The number of hydrogen-bond acceptors (Lipinski definition) is 4. The van der Waals surface area contributed by atoms with Gasteiger partial charge in [-0.15, -0.1) is 11.6 Å². The third-order valence-corrected chi connectivity index (χ3v) is 6.52. The van der Waals surface area contributed by atoms with Crippen molar-refractivity contribution in [2.24, 2.45) is 0 Å². The molecule has 2 aromatic carbocycles. The zero-order valence-electron chi connectivity index (χ0n) is 16.6. The van der Waals surface area contributed by atoms with Crippen LogP contribution >= 0.6 is 35.0 Å². The molecule has 158 valence electrons. The Morgan fingerprint density at radius 2 is 1.93 bits per heavy atom. The highest BCUT2D eigenvalue weighted by atomic mass is 35.5. The average Bonchev–Trinajstić information content (AvgIpc) is 3.10. The van der Waals surface area contributed by atoms with Gasteiger partial charge in [-0.1, -0.05) is 59.2 Å². The molecule has 1 atom stereocenters. The lowest BCUT2D eigenvalue weighted by atomic mass is 10.0. The van der Waals surface area contributed by atoms with Gasteiger partial charge in [0.25, 0.3) is 0 Å². The van der Waals surface area contributed by atoms with Crippen molar-refractivity contribution in [3.63, 3.8) is 0 Å². The molecular formula is C22H22Cl2N2O3S. The van der Waals surface area contributed by atoms with E-state index >= 15 is 0 Å². The second-order valence-corrected chi connectivity index (χ2v) is 8.62. The Bertz CT molecular complexity index is 1010. The minimum atomic E-state index is -1.11. The van der Waals surface area contributed by atoms with Gasteiger partial charge in [0.1, 0.15) is 11.4 Å². The number of hydrogen-bond donors (Lipinski definition) is 1. The molecule has 1 amide bonds. The first kappa shape index (κ1) is 22.5. The molecule has 0 aliphatic carbocycles. The van der Waals surface area contributed by atoms with E-state index in [1.54, 1.807) is 31.7 Å². The molecule has 30 heavy (non-hydrogen) atoms. The van der Waals surface area contributed by atoms with Gasteiger partial charge in [-0.3, -0.25) is 4.90 Å². The first-order valence-corrected chi connectivity index (χ1v) is 11.5. The van der Waals surface area contributed by atoms with E-state index in [2.05, 4.69) is 5.16 Å². The maximum absolute atomic E-state index is 12.3. The minimum absolute atomic E-state index is 0.411. The smallest absolute Gasteiger partial charge is 0.412 e. The van der Waals surface area contributed by atoms with Crippen molar-refractivity contribution in [1.29, 1.82) is 0 Å². The van der Waals surface area contributed by atoms with Gasteiger partial charge in [0.05, 0.1) is 6.04 Å². The number of anilines is 1. The Morgan fingerprint density at radius 3 is 2.57 bits per heavy atom. The van der Waals surface area contributed by atoms with E-state index in [1.807, 2.05) is 42.5 Å². The first-order chi connectivity index (χ1) is 14.4. The number of nitrogens with zero attached hydrogens (tertiary/aromatic N) is 2. The number of aryl methyl sites for hydroxylation is 1. The number of alkyl halides is 1. The number of rotatable bonds is 8. The van der Waals surface area contributed by atoms with Crippen LogP contribution < -0.4 is 4.90 Å². The maximum atomic E-state index is 12.3. The lowest BCUT2D eigenvalue weighted by Gasteiger charge is -2.27. The number of halogens is 2. The highest BCUT2D eigenvalue weighted by Gasteiger charge is 2.31. The highest BCUT2D eigenvalue weighted by Crippen LogP contribution is 2.39. The molecule has 0 fully saturated rings. The fourth-order valence-corrected chi connectivity index (χ4v) is 4.55. The summed E-state index contributed by atoms with van der Waals surface area (Å²) in [5.41, 5.74) is 3.53. The van der Waals surface area contributed by atoms with Gasteiger partial charge < -0.3 is 9.63 Å². The summed E-state index contributed by atoms with van der Waals surface area (Å²) in [5.74, 6) is 2.79. The van der Waals surface area contributed by atoms with E-state index in [4.69, 9.17) is 27.7 Å². The largest absolute Gasteiger partial charge is 0.465 e. The van der Waals surface area contributed by atoms with E-state index < -0.39 is 12.1 Å². The molecule has 1 heterocycles. The molecule has 3 rings (SSSR count). The monoisotopic (exact) mass is 464 g/mol. The summed E-state index contributed by atoms with van der Waals surface area (Å²) in [6, 6.07) is 14.5. The molecule has 1 N–H and O–H groups in total. The van der Waals surface area contributed by atoms with Crippen LogP contribution in [0.5, 0.6) is 0 Å². The van der Waals surface area contributed by atoms with Crippen LogP contribution in [0.1, 0.15) is 29.8 Å². The molecule has 0 aliphatic heterocycles. The Morgan fingerprint density at radius 1 is 1.23 bits per heavy atom. The van der Waals surface area contributed by atoms with Crippen molar-refractivity contribution < 1.29 is 14.4 Å². The Labute approximate surface area is 190 Å². The predicted octanol–water partition coefficient (Wildman–Crippen LogP) is 7.02. The Balaban J connectivity index is 1.97. The normalized spacial score (nSPS) is 12.0. The molecule has 0 spiro atoms. The van der Waals surface area contributed by atoms with Crippen molar-refractivity contribution in [1.82, 2.24) is 5.16 Å². The van der Waals surface area contributed by atoms with Crippen LogP contribution in [0.3, 0.4) is 0 Å². The van der Waals surface area contributed by atoms with Gasteiger partial charge in [-0.2, -0.15) is 11.8 Å². The van der Waals surface area contributed by atoms with Crippen LogP contribution in [0.15, 0.2) is 53.1 Å². The van der Waals surface area contributed by atoms with Gasteiger partial charge >= 0.3 is 6.09 Å². The molecule has 0 radical (unpaired) electrons. The van der Waals surface area contributed by atoms with E-state index in [0.29, 0.717) is 33.6 Å². The quantitative estimate of drug-likeness (QED) is 0.286. The number of carbonyl (C=O) groups is 1. The summed E-state index contributed by atoms with van der Waals surface area (Å²) in [5, 5.41) is 14.6. The van der Waals surface area contributed by atoms with Crippen molar-refractivity contribution in [2.45, 2.75) is 25.6 Å². The van der Waals surface area contributed by atoms with Crippen LogP contribution in [0, 0.1) is 6.92 Å². The van der Waals surface area contributed by atoms with Crippen LogP contribution in [-0.4, -0.2) is 28.0 Å². The molecular weight excluding hydrogens is 443 g/mol. The van der Waals surface area contributed by atoms with Crippen LogP contribution in [0.2, 0.25) is 5.02 Å². The van der Waals surface area contributed by atoms with E-state index in [0.717, 1.165) is 22.6 Å². The third-order valence-electron chi connectivity index (χ3n) is 4.73. The van der Waals surface area contributed by atoms with Crippen molar-refractivity contribution in [3.05, 3.63) is 70.4 Å². The Hall–Kier alpha value is -2.15. The molecule has 1 aromatic heterocycles. The molecule has 0 saturated heterocycles. The van der Waals surface area contributed by atoms with Gasteiger partial charge in [-0.25, -0.2) is 4.79 Å². The van der Waals surface area contributed by atoms with Crippen molar-refractivity contribution in [3.8, 4) is 11.3 Å². The molecule has 0 bridgehead atoms. The highest BCUT2D eigenvalue weighted by molar-refractivity contribution is 7.98. The van der Waals surface area contributed by atoms with E-state index in [1.165, 1.54) is 4.90 Å². The van der Waals surface area contributed by atoms with Gasteiger partial charge in [0.15, 0.2) is 5.76 Å². The van der Waals surface area contributed by atoms with Crippen LogP contribution in [0.4, 0.5) is 10.5 Å².